The minimum atomic E-state index is -3.08. The van der Waals surface area contributed by atoms with Gasteiger partial charge in [-0.1, -0.05) is 0 Å². The average molecular weight is 629 g/mol. The predicted octanol–water partition coefficient (Wildman–Crippen LogP) is 3.66. The Morgan fingerprint density at radius 3 is 0.970 bits per heavy atom. The molecule has 0 spiro atoms. The quantitative estimate of drug-likeness (QED) is 0.344. The first-order chi connectivity index (χ1) is 14.3. The molecule has 2 fully saturated rings. The van der Waals surface area contributed by atoms with Crippen LogP contribution in [-0.2, 0) is 4.12 Å². The van der Waals surface area contributed by atoms with Crippen molar-refractivity contribution in [2.24, 2.45) is 0 Å². The van der Waals surface area contributed by atoms with E-state index in [4.69, 9.17) is 4.12 Å². The monoisotopic (exact) mass is 630 g/mol. The molecule has 196 valence electrons. The van der Waals surface area contributed by atoms with E-state index in [9.17, 15) is 0 Å². The van der Waals surface area contributed by atoms with E-state index in [0.717, 1.165) is 0 Å². The molecule has 0 aromatic heterocycles. The summed E-state index contributed by atoms with van der Waals surface area (Å²) < 4.78 is 18.9. The van der Waals surface area contributed by atoms with Gasteiger partial charge in [0.15, 0.2) is 0 Å². The van der Waals surface area contributed by atoms with Crippen molar-refractivity contribution < 1.29 is 4.12 Å². The van der Waals surface area contributed by atoms with Crippen LogP contribution in [0.3, 0.4) is 0 Å². The van der Waals surface area contributed by atoms with E-state index in [1.165, 1.54) is 0 Å². The third-order valence-corrected chi connectivity index (χ3v) is 28.6. The van der Waals surface area contributed by atoms with Gasteiger partial charge in [0.05, 0.1) is 0 Å². The van der Waals surface area contributed by atoms with Crippen molar-refractivity contribution in [1.29, 1.82) is 0 Å². The van der Waals surface area contributed by atoms with Crippen molar-refractivity contribution in [2.45, 2.75) is 157 Å². The number of rotatable bonds is 2. The van der Waals surface area contributed by atoms with Gasteiger partial charge in [-0.2, -0.15) is 0 Å². The van der Waals surface area contributed by atoms with E-state index in [0.29, 0.717) is 24.2 Å². The second kappa shape index (κ2) is 8.94. The summed E-state index contributed by atoms with van der Waals surface area (Å²) in [6, 6.07) is 1.67. The van der Waals surface area contributed by atoms with Gasteiger partial charge in [0.1, 0.15) is 0 Å². The molecule has 4 radical (unpaired) electrons. The fourth-order valence-electron chi connectivity index (χ4n) is 7.28. The molecule has 9 heteroatoms. The molecule has 0 aromatic carbocycles. The molecule has 2 aliphatic rings. The summed E-state index contributed by atoms with van der Waals surface area (Å²) in [5.74, 6) is 0. The van der Waals surface area contributed by atoms with Gasteiger partial charge in [0.2, 0.25) is 0 Å². The topological polar surface area (TPSA) is 24.3 Å². The van der Waals surface area contributed by atoms with E-state index in [1.807, 2.05) is 0 Å². The summed E-state index contributed by atoms with van der Waals surface area (Å²) in [4.78, 5) is 0. The van der Waals surface area contributed by atoms with E-state index < -0.39 is 14.5 Å². The summed E-state index contributed by atoms with van der Waals surface area (Å²) in [6.07, 6.45) is 0. The van der Waals surface area contributed by atoms with Crippen LogP contribution in [0.1, 0.15) is 111 Å². The SMILES string of the molecule is C[C@H]1[C@H](C)N(C(C)(C)C)[SiH-]([Se])([O+][SiH-]2([Se+])N(C(C)(C)C)[C@@H](C)[C@H](C)N2C(C)(C)C)N1C(C)(C)C. The average Bonchev–Trinajstić information content (AvgIpc) is 2.80. The van der Waals surface area contributed by atoms with Gasteiger partial charge >= 0.3 is 225 Å². The third-order valence-electron chi connectivity index (χ3n) is 8.01. The molecule has 0 aliphatic carbocycles. The van der Waals surface area contributed by atoms with Gasteiger partial charge in [0, 0.05) is 0 Å². The Balaban J connectivity index is 2.82. The molecular weight excluding hydrogens is 574 g/mol. The molecule has 5 nitrogen and oxygen atoms in total. The molecular formula is C24H54N4OSe2Si2. The van der Waals surface area contributed by atoms with E-state index in [1.54, 1.807) is 0 Å². The Hall–Kier alpha value is 1.27. The Morgan fingerprint density at radius 1 is 0.545 bits per heavy atom. The summed E-state index contributed by atoms with van der Waals surface area (Å²) >= 11 is 7.63. The Labute approximate surface area is 223 Å². The standard InChI is InChI=1S/C24H54N4OSe2Si2/c1-17-18(2)26(22(8,9)10)32(30,25(17)21(5,6)7)29-33(31)27(23(11,12)13)19(3)20(4)28(33)24(14,15)16/h17-20,32-33H,1-16H3/t17-,18-,19-,20-/m0/s1. The molecule has 0 unspecified atom stereocenters. The maximum absolute atomic E-state index is 7.91. The van der Waals surface area contributed by atoms with E-state index >= 15 is 0 Å². The first-order valence-corrected chi connectivity index (χ1v) is 22.8. The summed E-state index contributed by atoms with van der Waals surface area (Å²) in [7, 11) is -6.16. The Bertz CT molecular complexity index is 614. The molecule has 2 rings (SSSR count). The molecule has 0 aromatic rings. The molecule has 2 aliphatic heterocycles. The van der Waals surface area contributed by atoms with Crippen LogP contribution in [0.15, 0.2) is 0 Å². The number of hydrogen-bond acceptors (Lipinski definition) is 5. The maximum atomic E-state index is 7.91. The van der Waals surface area contributed by atoms with Crippen molar-refractivity contribution in [3.8, 4) is 0 Å². The van der Waals surface area contributed by atoms with Gasteiger partial charge in [0.25, 0.3) is 0 Å². The Morgan fingerprint density at radius 2 is 0.758 bits per heavy atom. The van der Waals surface area contributed by atoms with Crippen molar-refractivity contribution in [1.82, 2.24) is 18.3 Å². The van der Waals surface area contributed by atoms with Gasteiger partial charge in [-0.05, 0) is 0 Å². The zero-order valence-electron chi connectivity index (χ0n) is 24.5. The van der Waals surface area contributed by atoms with Gasteiger partial charge in [-0.3, -0.25) is 0 Å². The Kier molecular flexibility index (Phi) is 8.26. The fraction of sp³-hybridized carbons (Fsp3) is 1.00. The molecule has 2 saturated heterocycles. The molecule has 0 saturated carbocycles. The van der Waals surface area contributed by atoms with Crippen LogP contribution in [0.2, 0.25) is 0 Å². The molecule has 4 atom stereocenters. The van der Waals surface area contributed by atoms with Crippen LogP contribution in [0, 0.1) is 0 Å². The number of nitrogens with zero attached hydrogens (tertiary/aromatic N) is 4. The first kappa shape index (κ1) is 30.5. The summed E-state index contributed by atoms with van der Waals surface area (Å²) in [6.45, 7) is 37.9. The fourth-order valence-corrected chi connectivity index (χ4v) is 40.9. The summed E-state index contributed by atoms with van der Waals surface area (Å²) in [5.41, 5.74) is 0.0309. The van der Waals surface area contributed by atoms with Gasteiger partial charge in [-0.25, -0.2) is 0 Å². The molecule has 33 heavy (non-hydrogen) atoms. The third kappa shape index (κ3) is 5.18. The van der Waals surface area contributed by atoms with E-state index in [-0.39, 0.29) is 22.2 Å². The van der Waals surface area contributed by atoms with Crippen LogP contribution < -0.4 is 0 Å². The van der Waals surface area contributed by atoms with Crippen molar-refractivity contribution in [2.75, 3.05) is 0 Å². The van der Waals surface area contributed by atoms with Gasteiger partial charge in [-0.15, -0.1) is 0 Å². The van der Waals surface area contributed by atoms with Crippen LogP contribution in [0.25, 0.3) is 0 Å². The van der Waals surface area contributed by atoms with Crippen LogP contribution >= 0.6 is 0 Å². The molecule has 0 bridgehead atoms. The number of hydrogen-bond donors (Lipinski definition) is 0. The zero-order valence-corrected chi connectivity index (χ0v) is 30.2. The van der Waals surface area contributed by atoms with Crippen molar-refractivity contribution >= 4 is 45.2 Å². The molecule has 2 heterocycles. The summed E-state index contributed by atoms with van der Waals surface area (Å²) in [5, 5.41) is 0. The van der Waals surface area contributed by atoms with Crippen molar-refractivity contribution in [3.63, 3.8) is 0 Å². The second-order valence-corrected chi connectivity index (χ2v) is 28.3. The molecule has 0 N–H and O–H groups in total. The minimum absolute atomic E-state index is 0.00773. The van der Waals surface area contributed by atoms with Crippen molar-refractivity contribution in [3.05, 3.63) is 0 Å². The van der Waals surface area contributed by atoms with Crippen LogP contribution in [0.5, 0.6) is 0 Å². The second-order valence-electron chi connectivity index (χ2n) is 14.7. The normalized spacial score (nSPS) is 35.2. The van der Waals surface area contributed by atoms with Crippen LogP contribution in [-0.4, -0.2) is 110 Å². The first-order valence-electron chi connectivity index (χ1n) is 12.9. The molecule has 0 amide bonds. The zero-order chi connectivity index (χ0) is 26.3. The van der Waals surface area contributed by atoms with E-state index in [2.05, 4.69) is 160 Å². The van der Waals surface area contributed by atoms with Gasteiger partial charge < -0.3 is 0 Å². The van der Waals surface area contributed by atoms with Crippen LogP contribution in [0.4, 0.5) is 0 Å². The predicted molar refractivity (Wildman–Crippen MR) is 151 cm³/mol.